The van der Waals surface area contributed by atoms with Crippen LogP contribution in [-0.4, -0.2) is 24.9 Å². The molecule has 7 heteroatoms. The number of aliphatic hydroxyl groups excluding tert-OH is 1. The van der Waals surface area contributed by atoms with Gasteiger partial charge in [0, 0.05) is 0 Å². The molecule has 1 saturated carbocycles. The van der Waals surface area contributed by atoms with E-state index >= 15 is 0 Å². The van der Waals surface area contributed by atoms with Crippen molar-refractivity contribution in [1.29, 1.82) is 0 Å². The fraction of sp³-hybridized carbons (Fsp3) is 0.538. The maximum Gasteiger partial charge on any atom is 0.416 e. The van der Waals surface area contributed by atoms with E-state index in [1.165, 1.54) is 6.07 Å². The predicted octanol–water partition coefficient (Wildman–Crippen LogP) is 2.78. The van der Waals surface area contributed by atoms with Crippen LogP contribution in [0.2, 0.25) is 0 Å². The molecule has 0 amide bonds. The molecule has 0 aromatic heterocycles. The summed E-state index contributed by atoms with van der Waals surface area (Å²) in [6, 6.07) is 3.77. The molecule has 20 heavy (non-hydrogen) atoms. The van der Waals surface area contributed by atoms with Gasteiger partial charge in [-0.05, 0) is 43.9 Å². The van der Waals surface area contributed by atoms with Crippen LogP contribution in [0.15, 0.2) is 29.2 Å². The Hall–Kier alpha value is -1.08. The van der Waals surface area contributed by atoms with Gasteiger partial charge in [0.1, 0.15) is 0 Å². The lowest BCUT2D eigenvalue weighted by Gasteiger charge is -2.25. The van der Waals surface area contributed by atoms with E-state index in [-0.39, 0.29) is 11.3 Å². The highest BCUT2D eigenvalue weighted by Crippen LogP contribution is 2.33. The van der Waals surface area contributed by atoms with Crippen LogP contribution < -0.4 is 0 Å². The summed E-state index contributed by atoms with van der Waals surface area (Å²) in [5, 5.41) is 8.72. The first kappa shape index (κ1) is 15.3. The van der Waals surface area contributed by atoms with Crippen LogP contribution in [0, 0.1) is 0 Å². The molecule has 1 aromatic rings. The molecular weight excluding hydrogens is 293 g/mol. The van der Waals surface area contributed by atoms with E-state index in [1.54, 1.807) is 0 Å². The number of alkyl halides is 3. The molecule has 2 unspecified atom stereocenters. The molecule has 1 aromatic carbocycles. The van der Waals surface area contributed by atoms with E-state index in [9.17, 15) is 26.7 Å². The molecule has 3 nitrogen and oxygen atoms in total. The predicted molar refractivity (Wildman–Crippen MR) is 66.9 cm³/mol. The minimum Gasteiger partial charge on any atom is -0.393 e. The molecule has 112 valence electrons. The summed E-state index contributed by atoms with van der Waals surface area (Å²) in [5.41, 5.74) is -0.977. The zero-order chi connectivity index (χ0) is 15.0. The number of aliphatic hydroxyl groups is 1. The first-order valence-corrected chi connectivity index (χ1v) is 7.85. The molecule has 1 aliphatic carbocycles. The summed E-state index contributed by atoms with van der Waals surface area (Å²) in [6.07, 6.45) is -3.72. The molecule has 0 radical (unpaired) electrons. The summed E-state index contributed by atoms with van der Waals surface area (Å²) in [5.74, 6) is 0. The van der Waals surface area contributed by atoms with Gasteiger partial charge >= 0.3 is 6.18 Å². The van der Waals surface area contributed by atoms with Crippen LogP contribution in [0.4, 0.5) is 13.2 Å². The number of hydrogen-bond acceptors (Lipinski definition) is 3. The van der Waals surface area contributed by atoms with Gasteiger partial charge in [-0.3, -0.25) is 0 Å². The normalized spacial score (nSPS) is 24.6. The van der Waals surface area contributed by atoms with E-state index in [0.717, 1.165) is 12.1 Å². The zero-order valence-corrected chi connectivity index (χ0v) is 11.4. The summed E-state index contributed by atoms with van der Waals surface area (Å²) >= 11 is 0. The number of benzene rings is 1. The molecule has 1 N–H and O–H groups in total. The molecule has 0 heterocycles. The van der Waals surface area contributed by atoms with Crippen molar-refractivity contribution in [1.82, 2.24) is 0 Å². The minimum atomic E-state index is -4.57. The first-order valence-electron chi connectivity index (χ1n) is 6.30. The van der Waals surface area contributed by atoms with E-state index in [0.29, 0.717) is 25.3 Å². The van der Waals surface area contributed by atoms with Crippen molar-refractivity contribution in [2.75, 3.05) is 0 Å². The van der Waals surface area contributed by atoms with Crippen LogP contribution in [-0.2, 0) is 16.0 Å². The van der Waals surface area contributed by atoms with Crippen molar-refractivity contribution < 1.29 is 26.7 Å². The van der Waals surface area contributed by atoms with Gasteiger partial charge in [-0.15, -0.1) is 0 Å². The first-order chi connectivity index (χ1) is 9.21. The molecule has 0 saturated heterocycles. The van der Waals surface area contributed by atoms with Crippen molar-refractivity contribution >= 4 is 9.84 Å². The third-order valence-corrected chi connectivity index (χ3v) is 5.74. The van der Waals surface area contributed by atoms with E-state index < -0.39 is 32.9 Å². The van der Waals surface area contributed by atoms with Crippen LogP contribution in [0.3, 0.4) is 0 Å². The Morgan fingerprint density at radius 3 is 2.50 bits per heavy atom. The van der Waals surface area contributed by atoms with E-state index in [1.807, 2.05) is 0 Å². The summed E-state index contributed by atoms with van der Waals surface area (Å²) in [6.45, 7) is 0. The lowest BCUT2D eigenvalue weighted by molar-refractivity contribution is -0.137. The van der Waals surface area contributed by atoms with Crippen molar-refractivity contribution in [2.45, 2.75) is 48.1 Å². The second kappa shape index (κ2) is 5.37. The maximum absolute atomic E-state index is 12.6. The fourth-order valence-electron chi connectivity index (χ4n) is 2.44. The van der Waals surface area contributed by atoms with Gasteiger partial charge < -0.3 is 5.11 Å². The second-order valence-electron chi connectivity index (χ2n) is 5.01. The lowest BCUT2D eigenvalue weighted by atomic mass is 9.97. The average Bonchev–Trinajstić information content (AvgIpc) is 2.38. The number of hydrogen-bond donors (Lipinski definition) is 1. The standard InChI is InChI=1S/C13H15F3O3S/c14-13(15,16)9-3-1-5-11(7-9)20(18,19)12-6-2-4-10(17)8-12/h1,3,5,7,10,12,17H,2,4,6,8H2. The highest BCUT2D eigenvalue weighted by molar-refractivity contribution is 7.92. The highest BCUT2D eigenvalue weighted by atomic mass is 32.2. The van der Waals surface area contributed by atoms with Crippen molar-refractivity contribution in [3.8, 4) is 0 Å². The van der Waals surface area contributed by atoms with Gasteiger partial charge in [0.2, 0.25) is 0 Å². The van der Waals surface area contributed by atoms with Gasteiger partial charge in [0.15, 0.2) is 9.84 Å². The Labute approximate surface area is 115 Å². The highest BCUT2D eigenvalue weighted by Gasteiger charge is 2.35. The summed E-state index contributed by atoms with van der Waals surface area (Å²) in [7, 11) is -3.84. The molecular formula is C13H15F3O3S. The van der Waals surface area contributed by atoms with Gasteiger partial charge in [0.05, 0.1) is 21.8 Å². The number of sulfone groups is 1. The third-order valence-electron chi connectivity index (χ3n) is 3.53. The maximum atomic E-state index is 12.6. The third kappa shape index (κ3) is 3.15. The lowest BCUT2D eigenvalue weighted by Crippen LogP contribution is -2.30. The Kier molecular flexibility index (Phi) is 4.11. The Morgan fingerprint density at radius 2 is 1.90 bits per heavy atom. The largest absolute Gasteiger partial charge is 0.416 e. The number of rotatable bonds is 2. The molecule has 0 bridgehead atoms. The molecule has 2 rings (SSSR count). The average molecular weight is 308 g/mol. The molecule has 2 atom stereocenters. The quantitative estimate of drug-likeness (QED) is 0.914. The van der Waals surface area contributed by atoms with Crippen LogP contribution in [0.25, 0.3) is 0 Å². The zero-order valence-electron chi connectivity index (χ0n) is 10.6. The Morgan fingerprint density at radius 1 is 1.20 bits per heavy atom. The van der Waals surface area contributed by atoms with Gasteiger partial charge in [0.25, 0.3) is 0 Å². The molecule has 0 spiro atoms. The summed E-state index contributed by atoms with van der Waals surface area (Å²) in [4.78, 5) is -0.327. The van der Waals surface area contributed by atoms with E-state index in [4.69, 9.17) is 0 Å². The van der Waals surface area contributed by atoms with Gasteiger partial charge in [-0.25, -0.2) is 8.42 Å². The fourth-order valence-corrected chi connectivity index (χ4v) is 4.34. The molecule has 0 aliphatic heterocycles. The van der Waals surface area contributed by atoms with Crippen LogP contribution in [0.1, 0.15) is 31.2 Å². The monoisotopic (exact) mass is 308 g/mol. The Balaban J connectivity index is 2.34. The van der Waals surface area contributed by atoms with E-state index in [2.05, 4.69) is 0 Å². The molecule has 1 fully saturated rings. The van der Waals surface area contributed by atoms with Gasteiger partial charge in [-0.1, -0.05) is 6.07 Å². The summed E-state index contributed by atoms with van der Waals surface area (Å²) < 4.78 is 62.5. The number of halogens is 3. The second-order valence-corrected chi connectivity index (χ2v) is 7.24. The van der Waals surface area contributed by atoms with Crippen molar-refractivity contribution in [3.63, 3.8) is 0 Å². The molecule has 1 aliphatic rings. The topological polar surface area (TPSA) is 54.4 Å². The minimum absolute atomic E-state index is 0.0819. The van der Waals surface area contributed by atoms with Crippen LogP contribution >= 0.6 is 0 Å². The smallest absolute Gasteiger partial charge is 0.393 e. The van der Waals surface area contributed by atoms with Crippen molar-refractivity contribution in [3.05, 3.63) is 29.8 Å². The SMILES string of the molecule is O=S(=O)(c1cccc(C(F)(F)F)c1)C1CCCC(O)C1. The Bertz CT molecular complexity index is 581. The van der Waals surface area contributed by atoms with Crippen molar-refractivity contribution in [2.24, 2.45) is 0 Å². The van der Waals surface area contributed by atoms with Crippen LogP contribution in [0.5, 0.6) is 0 Å². The van der Waals surface area contributed by atoms with Gasteiger partial charge in [-0.2, -0.15) is 13.2 Å².